The SMILES string of the molecule is COc1ccccc1C(c1ccccc1Cl)N1CCCC1C(=O)O. The summed E-state index contributed by atoms with van der Waals surface area (Å²) in [7, 11) is 1.63. The highest BCUT2D eigenvalue weighted by molar-refractivity contribution is 6.31. The lowest BCUT2D eigenvalue weighted by atomic mass is 9.95. The summed E-state index contributed by atoms with van der Waals surface area (Å²) >= 11 is 6.46. The zero-order valence-corrected chi connectivity index (χ0v) is 14.2. The molecule has 0 radical (unpaired) electrons. The van der Waals surface area contributed by atoms with Gasteiger partial charge in [-0.15, -0.1) is 0 Å². The number of halogens is 1. The van der Waals surface area contributed by atoms with Gasteiger partial charge in [-0.2, -0.15) is 0 Å². The minimum Gasteiger partial charge on any atom is -0.496 e. The molecular weight excluding hydrogens is 326 g/mol. The predicted molar refractivity (Wildman–Crippen MR) is 93.7 cm³/mol. The lowest BCUT2D eigenvalue weighted by Gasteiger charge is -2.33. The number of para-hydroxylation sites is 1. The van der Waals surface area contributed by atoms with Crippen molar-refractivity contribution in [3.63, 3.8) is 0 Å². The van der Waals surface area contributed by atoms with Crippen LogP contribution in [0.25, 0.3) is 0 Å². The molecule has 1 aliphatic rings. The number of hydrogen-bond acceptors (Lipinski definition) is 3. The molecule has 2 aromatic rings. The Morgan fingerprint density at radius 2 is 1.88 bits per heavy atom. The molecule has 2 aromatic carbocycles. The predicted octanol–water partition coefficient (Wildman–Crippen LogP) is 3.99. The van der Waals surface area contributed by atoms with Crippen molar-refractivity contribution >= 4 is 17.6 Å². The van der Waals surface area contributed by atoms with Crippen molar-refractivity contribution in [3.8, 4) is 5.75 Å². The van der Waals surface area contributed by atoms with Crippen LogP contribution in [0.4, 0.5) is 0 Å². The fraction of sp³-hybridized carbons (Fsp3) is 0.316. The molecule has 1 N–H and O–H groups in total. The third kappa shape index (κ3) is 3.12. The van der Waals surface area contributed by atoms with Gasteiger partial charge in [0, 0.05) is 17.1 Å². The fourth-order valence-electron chi connectivity index (χ4n) is 3.48. The summed E-state index contributed by atoms with van der Waals surface area (Å²) < 4.78 is 5.53. The molecule has 2 atom stereocenters. The van der Waals surface area contributed by atoms with Crippen molar-refractivity contribution in [3.05, 3.63) is 64.7 Å². The molecule has 0 bridgehead atoms. The topological polar surface area (TPSA) is 49.8 Å². The third-order valence-electron chi connectivity index (χ3n) is 4.54. The summed E-state index contributed by atoms with van der Waals surface area (Å²) in [6.07, 6.45) is 1.50. The van der Waals surface area contributed by atoms with Gasteiger partial charge in [0.2, 0.25) is 0 Å². The highest BCUT2D eigenvalue weighted by Gasteiger charge is 2.38. The Morgan fingerprint density at radius 3 is 2.54 bits per heavy atom. The average molecular weight is 346 g/mol. The standard InChI is InChI=1S/C19H20ClNO3/c1-24-17-11-5-3-8-14(17)18(13-7-2-4-9-15(13)20)21-12-6-10-16(21)19(22)23/h2-5,7-9,11,16,18H,6,10,12H2,1H3,(H,22,23). The van der Waals surface area contributed by atoms with Crippen molar-refractivity contribution < 1.29 is 14.6 Å². The molecule has 1 fully saturated rings. The summed E-state index contributed by atoms with van der Waals surface area (Å²) in [4.78, 5) is 13.7. The molecular formula is C19H20ClNO3. The van der Waals surface area contributed by atoms with Gasteiger partial charge in [-0.1, -0.05) is 48.0 Å². The number of ether oxygens (including phenoxy) is 1. The molecule has 126 valence electrons. The van der Waals surface area contributed by atoms with Gasteiger partial charge in [-0.05, 0) is 30.5 Å². The summed E-state index contributed by atoms with van der Waals surface area (Å²) in [6.45, 7) is 0.713. The lowest BCUT2D eigenvalue weighted by Crippen LogP contribution is -2.39. The van der Waals surface area contributed by atoms with Crippen molar-refractivity contribution in [1.29, 1.82) is 0 Å². The summed E-state index contributed by atoms with van der Waals surface area (Å²) in [5.74, 6) is -0.0575. The van der Waals surface area contributed by atoms with Crippen LogP contribution in [-0.2, 0) is 4.79 Å². The van der Waals surface area contributed by atoms with Gasteiger partial charge in [-0.25, -0.2) is 0 Å². The molecule has 3 rings (SSSR count). The monoisotopic (exact) mass is 345 g/mol. The molecule has 2 unspecified atom stereocenters. The molecule has 0 aromatic heterocycles. The Morgan fingerprint density at radius 1 is 1.21 bits per heavy atom. The first kappa shape index (κ1) is 16.8. The van der Waals surface area contributed by atoms with Crippen LogP contribution in [0.15, 0.2) is 48.5 Å². The van der Waals surface area contributed by atoms with Crippen LogP contribution >= 0.6 is 11.6 Å². The number of methoxy groups -OCH3 is 1. The molecule has 1 saturated heterocycles. The van der Waals surface area contributed by atoms with E-state index >= 15 is 0 Å². The summed E-state index contributed by atoms with van der Waals surface area (Å²) in [5.41, 5.74) is 1.83. The second kappa shape index (κ2) is 7.24. The van der Waals surface area contributed by atoms with Crippen LogP contribution in [0.3, 0.4) is 0 Å². The van der Waals surface area contributed by atoms with E-state index in [2.05, 4.69) is 0 Å². The minimum absolute atomic E-state index is 0.251. The fourth-order valence-corrected chi connectivity index (χ4v) is 3.72. The van der Waals surface area contributed by atoms with Gasteiger partial charge in [0.15, 0.2) is 0 Å². The van der Waals surface area contributed by atoms with Crippen LogP contribution in [0.5, 0.6) is 5.75 Å². The van der Waals surface area contributed by atoms with Gasteiger partial charge < -0.3 is 9.84 Å². The first-order valence-electron chi connectivity index (χ1n) is 7.99. The number of carbonyl (C=O) groups is 1. The van der Waals surface area contributed by atoms with Crippen molar-refractivity contribution in [2.24, 2.45) is 0 Å². The van der Waals surface area contributed by atoms with Crippen LogP contribution in [0, 0.1) is 0 Å². The Balaban J connectivity index is 2.15. The molecule has 0 saturated carbocycles. The molecule has 0 aliphatic carbocycles. The number of carboxylic acids is 1. The van der Waals surface area contributed by atoms with Crippen molar-refractivity contribution in [1.82, 2.24) is 4.90 Å². The van der Waals surface area contributed by atoms with Crippen LogP contribution in [-0.4, -0.2) is 35.7 Å². The second-order valence-electron chi connectivity index (χ2n) is 5.90. The quantitative estimate of drug-likeness (QED) is 0.890. The molecule has 5 heteroatoms. The largest absolute Gasteiger partial charge is 0.496 e. The van der Waals surface area contributed by atoms with Crippen molar-refractivity contribution in [2.45, 2.75) is 24.9 Å². The number of carboxylic acid groups (broad SMARTS) is 1. The Labute approximate surface area is 146 Å². The van der Waals surface area contributed by atoms with Gasteiger partial charge in [0.25, 0.3) is 0 Å². The molecule has 0 spiro atoms. The molecule has 24 heavy (non-hydrogen) atoms. The minimum atomic E-state index is -0.792. The van der Waals surface area contributed by atoms with E-state index in [0.29, 0.717) is 18.0 Å². The smallest absolute Gasteiger partial charge is 0.320 e. The normalized spacial score (nSPS) is 19.2. The second-order valence-corrected chi connectivity index (χ2v) is 6.31. The van der Waals surface area contributed by atoms with Gasteiger partial charge >= 0.3 is 5.97 Å². The maximum atomic E-state index is 11.7. The molecule has 1 heterocycles. The van der Waals surface area contributed by atoms with E-state index in [1.54, 1.807) is 7.11 Å². The van der Waals surface area contributed by atoms with Crippen LogP contribution < -0.4 is 4.74 Å². The van der Waals surface area contributed by atoms with Gasteiger partial charge in [0.1, 0.15) is 11.8 Å². The highest BCUT2D eigenvalue weighted by atomic mass is 35.5. The molecule has 0 amide bonds. The van der Waals surface area contributed by atoms with Crippen LogP contribution in [0.1, 0.15) is 30.0 Å². The molecule has 4 nitrogen and oxygen atoms in total. The highest BCUT2D eigenvalue weighted by Crippen LogP contribution is 2.41. The van der Waals surface area contributed by atoms with E-state index in [4.69, 9.17) is 16.3 Å². The van der Waals surface area contributed by atoms with Crippen LogP contribution in [0.2, 0.25) is 5.02 Å². The molecule has 1 aliphatic heterocycles. The van der Waals surface area contributed by atoms with E-state index in [1.807, 2.05) is 53.4 Å². The van der Waals surface area contributed by atoms with E-state index < -0.39 is 12.0 Å². The number of nitrogens with zero attached hydrogens (tertiary/aromatic N) is 1. The Bertz CT molecular complexity index is 734. The van der Waals surface area contributed by atoms with E-state index in [-0.39, 0.29) is 6.04 Å². The Kier molecular flexibility index (Phi) is 5.07. The number of hydrogen-bond donors (Lipinski definition) is 1. The van der Waals surface area contributed by atoms with E-state index in [1.165, 1.54) is 0 Å². The zero-order valence-electron chi connectivity index (χ0n) is 13.5. The van der Waals surface area contributed by atoms with Crippen molar-refractivity contribution in [2.75, 3.05) is 13.7 Å². The first-order valence-corrected chi connectivity index (χ1v) is 8.37. The van der Waals surface area contributed by atoms with E-state index in [0.717, 1.165) is 23.3 Å². The van der Waals surface area contributed by atoms with E-state index in [9.17, 15) is 9.90 Å². The average Bonchev–Trinajstić information content (AvgIpc) is 3.07. The third-order valence-corrected chi connectivity index (χ3v) is 4.89. The zero-order chi connectivity index (χ0) is 17.1. The lowest BCUT2D eigenvalue weighted by molar-refractivity contribution is -0.142. The summed E-state index contributed by atoms with van der Waals surface area (Å²) in [5, 5.41) is 10.2. The number of likely N-dealkylation sites (tertiary alicyclic amines) is 1. The maximum Gasteiger partial charge on any atom is 0.320 e. The summed E-state index contributed by atoms with van der Waals surface area (Å²) in [6, 6.07) is 14.5. The van der Waals surface area contributed by atoms with Gasteiger partial charge in [0.05, 0.1) is 13.2 Å². The van der Waals surface area contributed by atoms with Gasteiger partial charge in [-0.3, -0.25) is 9.69 Å². The maximum absolute atomic E-state index is 11.7. The number of rotatable bonds is 5. The number of benzene rings is 2. The number of aliphatic carboxylic acids is 1. The Hall–Kier alpha value is -2.04. The first-order chi connectivity index (χ1) is 11.6.